The lowest BCUT2D eigenvalue weighted by atomic mass is 10.1. The van der Waals surface area contributed by atoms with Gasteiger partial charge in [-0.05, 0) is 43.7 Å². The van der Waals surface area contributed by atoms with Gasteiger partial charge >= 0.3 is 0 Å². The van der Waals surface area contributed by atoms with E-state index in [1.165, 1.54) is 12.1 Å². The number of aryl methyl sites for hydroxylation is 1. The Morgan fingerprint density at radius 1 is 1.31 bits per heavy atom. The maximum Gasteiger partial charge on any atom is 0.251 e. The van der Waals surface area contributed by atoms with E-state index in [1.54, 1.807) is 12.1 Å². The van der Waals surface area contributed by atoms with Gasteiger partial charge in [0, 0.05) is 16.5 Å². The van der Waals surface area contributed by atoms with Crippen molar-refractivity contribution in [3.05, 3.63) is 46.0 Å². The van der Waals surface area contributed by atoms with Crippen LogP contribution < -0.4 is 11.3 Å². The van der Waals surface area contributed by atoms with E-state index in [-0.39, 0.29) is 11.4 Å². The molecular weight excluding hydrogens is 207 g/mol. The van der Waals surface area contributed by atoms with Crippen molar-refractivity contribution >= 4 is 10.9 Å². The first-order chi connectivity index (χ1) is 7.70. The molecule has 0 aliphatic heterocycles. The van der Waals surface area contributed by atoms with Crippen molar-refractivity contribution in [3.63, 3.8) is 0 Å². The third kappa shape index (κ3) is 2.12. The lowest BCUT2D eigenvalue weighted by Crippen LogP contribution is -2.13. The quantitative estimate of drug-likeness (QED) is 0.824. The molecule has 1 aromatic heterocycles. The van der Waals surface area contributed by atoms with E-state index in [0.29, 0.717) is 29.4 Å². The highest BCUT2D eigenvalue weighted by Gasteiger charge is 2.03. The molecular formula is C12H13FN2O. The lowest BCUT2D eigenvalue weighted by molar-refractivity contribution is 0.629. The Labute approximate surface area is 92.1 Å². The zero-order chi connectivity index (χ0) is 11.5. The second-order valence-electron chi connectivity index (χ2n) is 3.75. The number of benzene rings is 1. The molecule has 0 spiro atoms. The first-order valence-corrected chi connectivity index (χ1v) is 5.22. The van der Waals surface area contributed by atoms with Gasteiger partial charge in [0.25, 0.3) is 5.56 Å². The molecule has 0 aliphatic carbocycles. The summed E-state index contributed by atoms with van der Waals surface area (Å²) in [7, 11) is 0. The Kier molecular flexibility index (Phi) is 3.01. The van der Waals surface area contributed by atoms with Gasteiger partial charge in [0.05, 0.1) is 0 Å². The molecule has 3 N–H and O–H groups in total. The zero-order valence-electron chi connectivity index (χ0n) is 8.79. The van der Waals surface area contributed by atoms with Crippen molar-refractivity contribution in [1.82, 2.24) is 4.98 Å². The van der Waals surface area contributed by atoms with Crippen molar-refractivity contribution in [2.45, 2.75) is 12.8 Å². The van der Waals surface area contributed by atoms with Crippen LogP contribution in [0.3, 0.4) is 0 Å². The van der Waals surface area contributed by atoms with Crippen LogP contribution in [0.2, 0.25) is 0 Å². The normalized spacial score (nSPS) is 10.9. The molecule has 0 saturated carbocycles. The third-order valence-corrected chi connectivity index (χ3v) is 2.53. The minimum Gasteiger partial charge on any atom is -0.330 e. The SMILES string of the molecule is NCCCc1cc2cc(F)ccc2[nH]c1=O. The fourth-order valence-corrected chi connectivity index (χ4v) is 1.70. The van der Waals surface area contributed by atoms with Gasteiger partial charge in [-0.25, -0.2) is 4.39 Å². The Bertz CT molecular complexity index is 562. The second kappa shape index (κ2) is 4.45. The first-order valence-electron chi connectivity index (χ1n) is 5.22. The predicted molar refractivity (Wildman–Crippen MR) is 61.9 cm³/mol. The van der Waals surface area contributed by atoms with Crippen LogP contribution in [0.5, 0.6) is 0 Å². The summed E-state index contributed by atoms with van der Waals surface area (Å²) in [5, 5.41) is 0.714. The molecule has 0 unspecified atom stereocenters. The maximum atomic E-state index is 13.0. The minimum atomic E-state index is -0.302. The number of aromatic nitrogens is 1. The number of hydrogen-bond donors (Lipinski definition) is 2. The van der Waals surface area contributed by atoms with Gasteiger partial charge in [-0.3, -0.25) is 4.79 Å². The molecule has 1 heterocycles. The van der Waals surface area contributed by atoms with Gasteiger partial charge in [-0.2, -0.15) is 0 Å². The summed E-state index contributed by atoms with van der Waals surface area (Å²) in [5.41, 5.74) is 6.58. The summed E-state index contributed by atoms with van der Waals surface area (Å²) in [6.07, 6.45) is 1.38. The molecule has 84 valence electrons. The van der Waals surface area contributed by atoms with E-state index in [1.807, 2.05) is 0 Å². The van der Waals surface area contributed by atoms with Gasteiger partial charge < -0.3 is 10.7 Å². The van der Waals surface area contributed by atoms with Crippen LogP contribution in [0.25, 0.3) is 10.9 Å². The molecule has 0 amide bonds. The van der Waals surface area contributed by atoms with Gasteiger partial charge in [0.2, 0.25) is 0 Å². The summed E-state index contributed by atoms with van der Waals surface area (Å²) in [6.45, 7) is 0.542. The lowest BCUT2D eigenvalue weighted by Gasteiger charge is -2.02. The summed E-state index contributed by atoms with van der Waals surface area (Å²) in [4.78, 5) is 14.4. The Morgan fingerprint density at radius 2 is 2.12 bits per heavy atom. The van der Waals surface area contributed by atoms with E-state index in [4.69, 9.17) is 5.73 Å². The maximum absolute atomic E-state index is 13.0. The van der Waals surface area contributed by atoms with Crippen molar-refractivity contribution in [2.75, 3.05) is 6.54 Å². The predicted octanol–water partition coefficient (Wildman–Crippen LogP) is 1.56. The molecule has 0 bridgehead atoms. The van der Waals surface area contributed by atoms with Crippen LogP contribution in [0, 0.1) is 5.82 Å². The smallest absolute Gasteiger partial charge is 0.251 e. The van der Waals surface area contributed by atoms with Gasteiger partial charge in [-0.15, -0.1) is 0 Å². The monoisotopic (exact) mass is 220 g/mol. The van der Waals surface area contributed by atoms with Crippen molar-refractivity contribution in [2.24, 2.45) is 5.73 Å². The Morgan fingerprint density at radius 3 is 2.88 bits per heavy atom. The van der Waals surface area contributed by atoms with E-state index < -0.39 is 0 Å². The molecule has 0 radical (unpaired) electrons. The number of nitrogens with two attached hydrogens (primary N) is 1. The van der Waals surface area contributed by atoms with Crippen LogP contribution in [0.4, 0.5) is 4.39 Å². The van der Waals surface area contributed by atoms with Crippen molar-refractivity contribution < 1.29 is 4.39 Å². The highest BCUT2D eigenvalue weighted by Crippen LogP contribution is 2.13. The second-order valence-corrected chi connectivity index (χ2v) is 3.75. The molecule has 1 aromatic carbocycles. The number of nitrogens with one attached hydrogen (secondary N) is 1. The Hall–Kier alpha value is -1.68. The molecule has 16 heavy (non-hydrogen) atoms. The first kappa shape index (κ1) is 10.8. The number of rotatable bonds is 3. The molecule has 0 atom stereocenters. The Balaban J connectivity index is 2.51. The van der Waals surface area contributed by atoms with E-state index >= 15 is 0 Å². The number of pyridine rings is 1. The fraction of sp³-hybridized carbons (Fsp3) is 0.250. The summed E-state index contributed by atoms with van der Waals surface area (Å²) < 4.78 is 13.0. The highest BCUT2D eigenvalue weighted by molar-refractivity contribution is 5.78. The summed E-state index contributed by atoms with van der Waals surface area (Å²) in [6, 6.07) is 6.04. The molecule has 2 rings (SSSR count). The van der Waals surface area contributed by atoms with E-state index in [9.17, 15) is 9.18 Å². The molecule has 4 heteroatoms. The van der Waals surface area contributed by atoms with Crippen LogP contribution >= 0.6 is 0 Å². The number of H-pyrrole nitrogens is 1. The number of aromatic amines is 1. The van der Waals surface area contributed by atoms with E-state index in [0.717, 1.165) is 6.42 Å². The van der Waals surface area contributed by atoms with Crippen LogP contribution in [0.1, 0.15) is 12.0 Å². The van der Waals surface area contributed by atoms with Gasteiger partial charge in [-0.1, -0.05) is 0 Å². The minimum absolute atomic E-state index is 0.118. The third-order valence-electron chi connectivity index (χ3n) is 2.53. The zero-order valence-corrected chi connectivity index (χ0v) is 8.79. The van der Waals surface area contributed by atoms with Crippen molar-refractivity contribution in [3.8, 4) is 0 Å². The highest BCUT2D eigenvalue weighted by atomic mass is 19.1. The molecule has 0 aliphatic rings. The largest absolute Gasteiger partial charge is 0.330 e. The van der Waals surface area contributed by atoms with Crippen LogP contribution in [-0.2, 0) is 6.42 Å². The topological polar surface area (TPSA) is 58.9 Å². The standard InChI is InChI=1S/C12H13FN2O/c13-10-3-4-11-9(7-10)6-8(2-1-5-14)12(16)15-11/h3-4,6-7H,1-2,5,14H2,(H,15,16). The number of halogens is 1. The van der Waals surface area contributed by atoms with E-state index in [2.05, 4.69) is 4.98 Å². The fourth-order valence-electron chi connectivity index (χ4n) is 1.70. The molecule has 3 nitrogen and oxygen atoms in total. The van der Waals surface area contributed by atoms with Gasteiger partial charge in [0.15, 0.2) is 0 Å². The molecule has 0 saturated heterocycles. The van der Waals surface area contributed by atoms with Gasteiger partial charge in [0.1, 0.15) is 5.82 Å². The summed E-state index contributed by atoms with van der Waals surface area (Å²) >= 11 is 0. The number of hydrogen-bond acceptors (Lipinski definition) is 2. The van der Waals surface area contributed by atoms with Crippen molar-refractivity contribution in [1.29, 1.82) is 0 Å². The molecule has 0 fully saturated rings. The van der Waals surface area contributed by atoms with Crippen LogP contribution in [-0.4, -0.2) is 11.5 Å². The average molecular weight is 220 g/mol. The summed E-state index contributed by atoms with van der Waals surface area (Å²) in [5.74, 6) is -0.302. The molecule has 2 aromatic rings. The number of fused-ring (bicyclic) bond motifs is 1. The average Bonchev–Trinajstić information content (AvgIpc) is 2.27. The van der Waals surface area contributed by atoms with Crippen LogP contribution in [0.15, 0.2) is 29.1 Å².